The molecule has 1 aliphatic rings. The zero-order valence-corrected chi connectivity index (χ0v) is 13.9. The number of halogens is 1. The van der Waals surface area contributed by atoms with Crippen LogP contribution in [0.4, 0.5) is 0 Å². The molecule has 1 saturated heterocycles. The zero-order chi connectivity index (χ0) is 14.7. The molecule has 0 bridgehead atoms. The van der Waals surface area contributed by atoms with Gasteiger partial charge in [-0.3, -0.25) is 4.98 Å². The van der Waals surface area contributed by atoms with E-state index in [1.54, 1.807) is 0 Å². The number of hydrogen-bond acceptors (Lipinski definition) is 3. The van der Waals surface area contributed by atoms with Crippen molar-refractivity contribution in [2.45, 2.75) is 25.9 Å². The predicted molar refractivity (Wildman–Crippen MR) is 89.4 cm³/mol. The summed E-state index contributed by atoms with van der Waals surface area (Å²) in [6.07, 6.45) is 4.30. The van der Waals surface area contributed by atoms with E-state index < -0.39 is 0 Å². The molecule has 1 aliphatic heterocycles. The number of rotatable bonds is 5. The molecule has 1 N–H and O–H groups in total. The van der Waals surface area contributed by atoms with E-state index in [9.17, 15) is 0 Å². The molecule has 3 rings (SSSR count). The summed E-state index contributed by atoms with van der Waals surface area (Å²) >= 11 is 3.61. The van der Waals surface area contributed by atoms with Crippen LogP contribution in [0.5, 0.6) is 0 Å². The van der Waals surface area contributed by atoms with E-state index in [1.165, 1.54) is 12.0 Å². The van der Waals surface area contributed by atoms with E-state index in [2.05, 4.69) is 51.4 Å². The molecular formula is C17H21BrN2O. The van der Waals surface area contributed by atoms with Crippen molar-refractivity contribution in [2.75, 3.05) is 19.7 Å². The van der Waals surface area contributed by atoms with Crippen LogP contribution < -0.4 is 5.32 Å². The lowest BCUT2D eigenvalue weighted by molar-refractivity contribution is 0.0915. The van der Waals surface area contributed by atoms with Gasteiger partial charge in [0.05, 0.1) is 11.6 Å². The number of benzene rings is 1. The maximum Gasteiger partial charge on any atom is 0.0887 e. The monoisotopic (exact) mass is 348 g/mol. The Labute approximate surface area is 134 Å². The first kappa shape index (κ1) is 14.9. The van der Waals surface area contributed by atoms with Gasteiger partial charge in [0.15, 0.2) is 0 Å². The smallest absolute Gasteiger partial charge is 0.0887 e. The van der Waals surface area contributed by atoms with Crippen molar-refractivity contribution in [1.29, 1.82) is 0 Å². The number of ether oxygens (including phenoxy) is 1. The summed E-state index contributed by atoms with van der Waals surface area (Å²) in [6.45, 7) is 5.13. The summed E-state index contributed by atoms with van der Waals surface area (Å²) in [5.74, 6) is 0.530. The lowest BCUT2D eigenvalue weighted by atomic mass is 9.93. The van der Waals surface area contributed by atoms with E-state index in [0.29, 0.717) is 5.92 Å². The Morgan fingerprint density at radius 1 is 1.38 bits per heavy atom. The number of fused-ring (bicyclic) bond motifs is 1. The van der Waals surface area contributed by atoms with E-state index in [0.717, 1.165) is 41.5 Å². The molecule has 2 atom stereocenters. The number of pyridine rings is 1. The fourth-order valence-electron chi connectivity index (χ4n) is 3.04. The summed E-state index contributed by atoms with van der Waals surface area (Å²) in [6, 6.07) is 8.35. The summed E-state index contributed by atoms with van der Waals surface area (Å²) < 4.78 is 7.13. The molecule has 0 saturated carbocycles. The van der Waals surface area contributed by atoms with Gasteiger partial charge in [-0.1, -0.05) is 35.0 Å². The first-order valence-corrected chi connectivity index (χ1v) is 8.46. The third kappa shape index (κ3) is 3.12. The molecule has 21 heavy (non-hydrogen) atoms. The van der Waals surface area contributed by atoms with Gasteiger partial charge in [-0.05, 0) is 31.5 Å². The minimum absolute atomic E-state index is 0.153. The molecule has 4 heteroatoms. The average Bonchev–Trinajstić information content (AvgIpc) is 2.97. The zero-order valence-electron chi connectivity index (χ0n) is 12.3. The third-order valence-corrected chi connectivity index (χ3v) is 4.79. The van der Waals surface area contributed by atoms with E-state index in [-0.39, 0.29) is 6.10 Å². The van der Waals surface area contributed by atoms with Gasteiger partial charge in [0.1, 0.15) is 0 Å². The van der Waals surface area contributed by atoms with Crippen LogP contribution in [-0.4, -0.2) is 24.7 Å². The largest absolute Gasteiger partial charge is 0.373 e. The molecule has 2 unspecified atom stereocenters. The Balaban J connectivity index is 1.90. The van der Waals surface area contributed by atoms with Gasteiger partial charge < -0.3 is 10.1 Å². The fraction of sp³-hybridized carbons (Fsp3) is 0.471. The SMILES string of the molecule is CCCNCC1CCOC1c1ccc(Br)c2cccnc12. The molecule has 3 nitrogen and oxygen atoms in total. The molecule has 1 fully saturated rings. The Morgan fingerprint density at radius 3 is 3.14 bits per heavy atom. The lowest BCUT2D eigenvalue weighted by Crippen LogP contribution is -2.25. The van der Waals surface area contributed by atoms with E-state index in [4.69, 9.17) is 4.74 Å². The van der Waals surface area contributed by atoms with Crippen LogP contribution in [0.1, 0.15) is 31.4 Å². The van der Waals surface area contributed by atoms with Crippen molar-refractivity contribution >= 4 is 26.8 Å². The Morgan fingerprint density at radius 2 is 2.29 bits per heavy atom. The highest BCUT2D eigenvalue weighted by Crippen LogP contribution is 2.38. The van der Waals surface area contributed by atoms with Crippen LogP contribution >= 0.6 is 15.9 Å². The number of hydrogen-bond donors (Lipinski definition) is 1. The number of nitrogens with one attached hydrogen (secondary N) is 1. The second kappa shape index (κ2) is 6.86. The minimum atomic E-state index is 0.153. The van der Waals surface area contributed by atoms with Crippen molar-refractivity contribution < 1.29 is 4.74 Å². The molecular weight excluding hydrogens is 328 g/mol. The standard InChI is InChI=1S/C17H21BrN2O/c1-2-8-19-11-12-7-10-21-17(12)14-5-6-15(18)13-4-3-9-20-16(13)14/h3-6,9,12,17,19H,2,7-8,10-11H2,1H3. The number of aromatic nitrogens is 1. The normalized spacial score (nSPS) is 22.0. The van der Waals surface area contributed by atoms with Gasteiger partial charge in [0.2, 0.25) is 0 Å². The van der Waals surface area contributed by atoms with Gasteiger partial charge >= 0.3 is 0 Å². The molecule has 2 aromatic rings. The lowest BCUT2D eigenvalue weighted by Gasteiger charge is -2.20. The average molecular weight is 349 g/mol. The van der Waals surface area contributed by atoms with Gasteiger partial charge in [-0.25, -0.2) is 0 Å². The maximum absolute atomic E-state index is 6.03. The highest BCUT2D eigenvalue weighted by atomic mass is 79.9. The van der Waals surface area contributed by atoms with Crippen molar-refractivity contribution in [1.82, 2.24) is 10.3 Å². The highest BCUT2D eigenvalue weighted by Gasteiger charge is 2.31. The first-order chi connectivity index (χ1) is 10.3. The molecule has 0 spiro atoms. The Bertz CT molecular complexity index is 617. The van der Waals surface area contributed by atoms with Crippen molar-refractivity contribution in [3.8, 4) is 0 Å². The van der Waals surface area contributed by atoms with E-state index in [1.807, 2.05) is 12.3 Å². The minimum Gasteiger partial charge on any atom is -0.373 e. The molecule has 0 amide bonds. The van der Waals surface area contributed by atoms with Crippen LogP contribution in [0, 0.1) is 5.92 Å². The molecule has 112 valence electrons. The van der Waals surface area contributed by atoms with Crippen LogP contribution in [0.25, 0.3) is 10.9 Å². The summed E-state index contributed by atoms with van der Waals surface area (Å²) in [5.41, 5.74) is 2.27. The Kier molecular flexibility index (Phi) is 4.88. The second-order valence-electron chi connectivity index (χ2n) is 5.58. The fourth-order valence-corrected chi connectivity index (χ4v) is 3.49. The highest BCUT2D eigenvalue weighted by molar-refractivity contribution is 9.10. The van der Waals surface area contributed by atoms with Crippen LogP contribution in [0.2, 0.25) is 0 Å². The van der Waals surface area contributed by atoms with E-state index >= 15 is 0 Å². The van der Waals surface area contributed by atoms with Crippen LogP contribution in [0.15, 0.2) is 34.9 Å². The second-order valence-corrected chi connectivity index (χ2v) is 6.43. The third-order valence-electron chi connectivity index (χ3n) is 4.10. The quantitative estimate of drug-likeness (QED) is 0.826. The maximum atomic E-state index is 6.03. The van der Waals surface area contributed by atoms with Gasteiger partial charge in [0, 0.05) is 40.7 Å². The van der Waals surface area contributed by atoms with Crippen molar-refractivity contribution in [2.24, 2.45) is 5.92 Å². The molecule has 2 heterocycles. The topological polar surface area (TPSA) is 34.1 Å². The number of nitrogens with zero attached hydrogens (tertiary/aromatic N) is 1. The van der Waals surface area contributed by atoms with Gasteiger partial charge in [0.25, 0.3) is 0 Å². The summed E-state index contributed by atoms with van der Waals surface area (Å²) in [4.78, 5) is 4.59. The van der Waals surface area contributed by atoms with Gasteiger partial charge in [-0.15, -0.1) is 0 Å². The van der Waals surface area contributed by atoms with Gasteiger partial charge in [-0.2, -0.15) is 0 Å². The first-order valence-electron chi connectivity index (χ1n) is 7.66. The van der Waals surface area contributed by atoms with Crippen LogP contribution in [0.3, 0.4) is 0 Å². The summed E-state index contributed by atoms with van der Waals surface area (Å²) in [7, 11) is 0. The molecule has 0 radical (unpaired) electrons. The Hall–Kier alpha value is -0.970. The summed E-state index contributed by atoms with van der Waals surface area (Å²) in [5, 5.41) is 4.68. The molecule has 0 aliphatic carbocycles. The molecule has 1 aromatic heterocycles. The predicted octanol–water partition coefficient (Wildman–Crippen LogP) is 4.07. The van der Waals surface area contributed by atoms with Crippen molar-refractivity contribution in [3.63, 3.8) is 0 Å². The van der Waals surface area contributed by atoms with Crippen LogP contribution in [-0.2, 0) is 4.74 Å². The molecule has 1 aromatic carbocycles. The van der Waals surface area contributed by atoms with Crippen molar-refractivity contribution in [3.05, 3.63) is 40.5 Å².